The van der Waals surface area contributed by atoms with Crippen LogP contribution in [0.2, 0.25) is 5.02 Å². The smallest absolute Gasteiger partial charge is 0.312 e. The predicted octanol–water partition coefficient (Wildman–Crippen LogP) is 3.64. The normalized spacial score (nSPS) is 12.3. The monoisotopic (exact) mass is 303 g/mol. The molecular weight excluding hydrogens is 286 g/mol. The fourth-order valence-electron chi connectivity index (χ4n) is 2.33. The van der Waals surface area contributed by atoms with Crippen LogP contribution < -0.4 is 0 Å². The molecular formula is C17H18ClNO2. The van der Waals surface area contributed by atoms with Gasteiger partial charge in [-0.15, -0.1) is 0 Å². The molecule has 0 amide bonds. The minimum atomic E-state index is -0.806. The Kier molecular flexibility index (Phi) is 5.37. The highest BCUT2D eigenvalue weighted by Crippen LogP contribution is 2.19. The Bertz CT molecular complexity index is 601. The second-order valence-electron chi connectivity index (χ2n) is 5.13. The van der Waals surface area contributed by atoms with Crippen LogP contribution in [0.1, 0.15) is 17.0 Å². The molecule has 0 spiro atoms. The lowest BCUT2D eigenvalue weighted by molar-refractivity contribution is -0.139. The third-order valence-electron chi connectivity index (χ3n) is 3.34. The molecule has 0 fully saturated rings. The van der Waals surface area contributed by atoms with Gasteiger partial charge in [0.15, 0.2) is 0 Å². The fraction of sp³-hybridized carbons (Fsp3) is 0.235. The van der Waals surface area contributed by atoms with Crippen LogP contribution >= 0.6 is 11.6 Å². The van der Waals surface area contributed by atoms with Gasteiger partial charge in [-0.05, 0) is 30.3 Å². The molecule has 110 valence electrons. The number of aliphatic carboxylic acids is 1. The number of nitrogens with zero attached hydrogens (tertiary/aromatic N) is 1. The van der Waals surface area contributed by atoms with E-state index in [2.05, 4.69) is 0 Å². The molecule has 1 unspecified atom stereocenters. The standard InChI is InChI=1S/C17H18ClNO2/c1-19(11-13-6-5-9-15(18)10-13)12-16(17(20)21)14-7-3-2-4-8-14/h2-10,16H,11-12H2,1H3,(H,20,21). The minimum Gasteiger partial charge on any atom is -0.481 e. The Labute approximate surface area is 129 Å². The van der Waals surface area contributed by atoms with E-state index < -0.39 is 11.9 Å². The van der Waals surface area contributed by atoms with E-state index in [0.29, 0.717) is 18.1 Å². The van der Waals surface area contributed by atoms with E-state index in [4.69, 9.17) is 11.6 Å². The minimum absolute atomic E-state index is 0.450. The first-order valence-electron chi connectivity index (χ1n) is 6.77. The highest BCUT2D eigenvalue weighted by Gasteiger charge is 2.21. The average Bonchev–Trinajstić information content (AvgIpc) is 2.45. The molecule has 0 aliphatic carbocycles. The molecule has 2 rings (SSSR count). The first kappa shape index (κ1) is 15.5. The summed E-state index contributed by atoms with van der Waals surface area (Å²) in [5, 5.41) is 10.1. The third kappa shape index (κ3) is 4.59. The molecule has 0 aromatic heterocycles. The van der Waals surface area contributed by atoms with Crippen molar-refractivity contribution in [3.8, 4) is 0 Å². The van der Waals surface area contributed by atoms with E-state index in [-0.39, 0.29) is 0 Å². The van der Waals surface area contributed by atoms with Crippen molar-refractivity contribution in [3.05, 3.63) is 70.7 Å². The molecule has 2 aromatic carbocycles. The van der Waals surface area contributed by atoms with Gasteiger partial charge in [-0.25, -0.2) is 0 Å². The fourth-order valence-corrected chi connectivity index (χ4v) is 2.55. The topological polar surface area (TPSA) is 40.5 Å². The summed E-state index contributed by atoms with van der Waals surface area (Å²) in [6.07, 6.45) is 0. The summed E-state index contributed by atoms with van der Waals surface area (Å²) in [6.45, 7) is 1.11. The van der Waals surface area contributed by atoms with Gasteiger partial charge in [0.1, 0.15) is 0 Å². The van der Waals surface area contributed by atoms with Crippen molar-refractivity contribution in [1.29, 1.82) is 0 Å². The SMILES string of the molecule is CN(Cc1cccc(Cl)c1)CC(C(=O)O)c1ccccc1. The van der Waals surface area contributed by atoms with Crippen molar-refractivity contribution in [2.75, 3.05) is 13.6 Å². The largest absolute Gasteiger partial charge is 0.481 e. The van der Waals surface area contributed by atoms with Gasteiger partial charge < -0.3 is 10.0 Å². The number of rotatable bonds is 6. The Morgan fingerprint density at radius 2 is 1.90 bits per heavy atom. The number of hydrogen-bond acceptors (Lipinski definition) is 2. The third-order valence-corrected chi connectivity index (χ3v) is 3.57. The molecule has 0 saturated heterocycles. The first-order chi connectivity index (χ1) is 10.1. The molecule has 1 atom stereocenters. The Hall–Kier alpha value is -1.84. The molecule has 0 heterocycles. The molecule has 2 aromatic rings. The van der Waals surface area contributed by atoms with E-state index in [9.17, 15) is 9.90 Å². The lowest BCUT2D eigenvalue weighted by Gasteiger charge is -2.22. The lowest BCUT2D eigenvalue weighted by atomic mass is 9.98. The van der Waals surface area contributed by atoms with Crippen molar-refractivity contribution in [3.63, 3.8) is 0 Å². The van der Waals surface area contributed by atoms with E-state index in [1.54, 1.807) is 0 Å². The van der Waals surface area contributed by atoms with Gasteiger partial charge in [-0.2, -0.15) is 0 Å². The second-order valence-corrected chi connectivity index (χ2v) is 5.56. The van der Waals surface area contributed by atoms with Gasteiger partial charge in [-0.3, -0.25) is 4.79 Å². The van der Waals surface area contributed by atoms with Crippen LogP contribution in [0.25, 0.3) is 0 Å². The molecule has 0 radical (unpaired) electrons. The maximum absolute atomic E-state index is 11.5. The zero-order valence-corrected chi connectivity index (χ0v) is 12.6. The summed E-state index contributed by atoms with van der Waals surface area (Å²) in [7, 11) is 1.92. The van der Waals surface area contributed by atoms with Crippen LogP contribution in [0.4, 0.5) is 0 Å². The van der Waals surface area contributed by atoms with Crippen molar-refractivity contribution < 1.29 is 9.90 Å². The lowest BCUT2D eigenvalue weighted by Crippen LogP contribution is -2.28. The van der Waals surface area contributed by atoms with Crippen LogP contribution in [-0.2, 0) is 11.3 Å². The summed E-state index contributed by atoms with van der Waals surface area (Å²) >= 11 is 5.97. The van der Waals surface area contributed by atoms with Gasteiger partial charge in [0.05, 0.1) is 5.92 Å². The van der Waals surface area contributed by atoms with Gasteiger partial charge in [0.2, 0.25) is 0 Å². The highest BCUT2D eigenvalue weighted by atomic mass is 35.5. The van der Waals surface area contributed by atoms with Crippen molar-refractivity contribution in [2.24, 2.45) is 0 Å². The zero-order chi connectivity index (χ0) is 15.2. The maximum atomic E-state index is 11.5. The first-order valence-corrected chi connectivity index (χ1v) is 7.15. The van der Waals surface area contributed by atoms with Gasteiger partial charge >= 0.3 is 5.97 Å². The Morgan fingerprint density at radius 3 is 2.52 bits per heavy atom. The maximum Gasteiger partial charge on any atom is 0.312 e. The predicted molar refractivity (Wildman–Crippen MR) is 84.6 cm³/mol. The van der Waals surface area contributed by atoms with Crippen LogP contribution in [0, 0.1) is 0 Å². The molecule has 1 N–H and O–H groups in total. The van der Waals surface area contributed by atoms with E-state index in [0.717, 1.165) is 11.1 Å². The van der Waals surface area contributed by atoms with Gasteiger partial charge in [0.25, 0.3) is 0 Å². The van der Waals surface area contributed by atoms with E-state index in [1.165, 1.54) is 0 Å². The van der Waals surface area contributed by atoms with Gasteiger partial charge in [0, 0.05) is 18.1 Å². The number of likely N-dealkylation sites (N-methyl/N-ethyl adjacent to an activating group) is 1. The number of carboxylic acid groups (broad SMARTS) is 1. The number of benzene rings is 2. The van der Waals surface area contributed by atoms with E-state index >= 15 is 0 Å². The van der Waals surface area contributed by atoms with Crippen molar-refractivity contribution in [1.82, 2.24) is 4.90 Å². The van der Waals surface area contributed by atoms with Crippen LogP contribution in [-0.4, -0.2) is 29.6 Å². The molecule has 0 saturated carbocycles. The summed E-state index contributed by atoms with van der Waals surface area (Å²) < 4.78 is 0. The van der Waals surface area contributed by atoms with Crippen molar-refractivity contribution in [2.45, 2.75) is 12.5 Å². The quantitative estimate of drug-likeness (QED) is 0.885. The van der Waals surface area contributed by atoms with Crippen LogP contribution in [0.15, 0.2) is 54.6 Å². The van der Waals surface area contributed by atoms with E-state index in [1.807, 2.05) is 66.5 Å². The summed E-state index contributed by atoms with van der Waals surface area (Å²) in [4.78, 5) is 13.5. The number of carbonyl (C=O) groups is 1. The zero-order valence-electron chi connectivity index (χ0n) is 11.9. The summed E-state index contributed by atoms with van der Waals surface area (Å²) in [6, 6.07) is 16.9. The molecule has 21 heavy (non-hydrogen) atoms. The van der Waals surface area contributed by atoms with Crippen LogP contribution in [0.5, 0.6) is 0 Å². The molecule has 0 aliphatic rings. The summed E-state index contributed by atoms with van der Waals surface area (Å²) in [5.41, 5.74) is 1.89. The van der Waals surface area contributed by atoms with Crippen LogP contribution in [0.3, 0.4) is 0 Å². The highest BCUT2D eigenvalue weighted by molar-refractivity contribution is 6.30. The number of carboxylic acids is 1. The van der Waals surface area contributed by atoms with Crippen molar-refractivity contribution >= 4 is 17.6 Å². The molecule has 3 nitrogen and oxygen atoms in total. The van der Waals surface area contributed by atoms with Gasteiger partial charge in [-0.1, -0.05) is 54.1 Å². The number of hydrogen-bond donors (Lipinski definition) is 1. The Balaban J connectivity index is 2.05. The summed E-state index contributed by atoms with van der Waals surface area (Å²) in [5.74, 6) is -1.34. The molecule has 0 bridgehead atoms. The molecule has 4 heteroatoms. The second kappa shape index (κ2) is 7.25. The Morgan fingerprint density at radius 1 is 1.19 bits per heavy atom. The number of halogens is 1. The molecule has 0 aliphatic heterocycles. The average molecular weight is 304 g/mol.